The van der Waals surface area contributed by atoms with Gasteiger partial charge in [-0.2, -0.15) is 0 Å². The first kappa shape index (κ1) is 15.3. The van der Waals surface area contributed by atoms with Crippen molar-refractivity contribution in [1.82, 2.24) is 5.32 Å². The summed E-state index contributed by atoms with van der Waals surface area (Å²) < 4.78 is 10.4. The number of rotatable bonds is 5. The fourth-order valence-electron chi connectivity index (χ4n) is 1.78. The third kappa shape index (κ3) is 3.61. The minimum absolute atomic E-state index is 0.0539. The van der Waals surface area contributed by atoms with E-state index in [1.165, 1.54) is 6.92 Å². The zero-order valence-corrected chi connectivity index (χ0v) is 10.0. The van der Waals surface area contributed by atoms with Gasteiger partial charge in [-0.3, -0.25) is 4.79 Å². The number of aliphatic hydroxyl groups excluding tert-OH is 4. The molecule has 18 heavy (non-hydrogen) atoms. The molecule has 0 aromatic carbocycles. The maximum Gasteiger partial charge on any atom is 0.217 e. The fourth-order valence-corrected chi connectivity index (χ4v) is 1.78. The highest BCUT2D eigenvalue weighted by atomic mass is 16.7. The van der Waals surface area contributed by atoms with Crippen LogP contribution in [0.25, 0.3) is 0 Å². The Morgan fingerprint density at radius 1 is 1.33 bits per heavy atom. The summed E-state index contributed by atoms with van der Waals surface area (Å²) in [5.41, 5.74) is 0. The molecule has 0 aromatic rings. The molecule has 0 unspecified atom stereocenters. The Balaban J connectivity index is 2.76. The maximum absolute atomic E-state index is 11.0. The zero-order valence-electron chi connectivity index (χ0n) is 10.0. The maximum atomic E-state index is 11.0. The van der Waals surface area contributed by atoms with E-state index in [0.29, 0.717) is 0 Å². The van der Waals surface area contributed by atoms with Crippen LogP contribution in [-0.2, 0) is 14.3 Å². The molecule has 1 aliphatic rings. The number of aliphatic hydroxyl groups is 4. The number of carbonyl (C=O) groups is 1. The summed E-state index contributed by atoms with van der Waals surface area (Å²) >= 11 is 0. The molecular weight excluding hydrogens is 246 g/mol. The topological polar surface area (TPSA) is 128 Å². The fraction of sp³-hybridized carbons (Fsp3) is 0.900. The standard InChI is InChI=1S/C10H19NO7/c1-5(14)11-7-9(16)8(15)6(4-13)18-10(7)17-3-2-12/h6-10,12-13,15-16H,2-4H2,1H3,(H,11,14)/t6-,7-,8-,9-,10+/m1/s1. The monoisotopic (exact) mass is 265 g/mol. The van der Waals surface area contributed by atoms with Crippen molar-refractivity contribution in [3.8, 4) is 0 Å². The lowest BCUT2D eigenvalue weighted by atomic mass is 9.97. The molecular formula is C10H19NO7. The number of ether oxygens (including phenoxy) is 2. The first-order valence-electron chi connectivity index (χ1n) is 5.63. The summed E-state index contributed by atoms with van der Waals surface area (Å²) in [5, 5.41) is 39.6. The predicted octanol–water partition coefficient (Wildman–Crippen LogP) is -3.06. The van der Waals surface area contributed by atoms with Crippen molar-refractivity contribution in [1.29, 1.82) is 0 Å². The molecule has 0 spiro atoms. The molecule has 0 aliphatic carbocycles. The molecule has 0 aromatic heterocycles. The quantitative estimate of drug-likeness (QED) is 0.357. The summed E-state index contributed by atoms with van der Waals surface area (Å²) in [6.45, 7) is 0.446. The second kappa shape index (κ2) is 6.98. The highest BCUT2D eigenvalue weighted by molar-refractivity contribution is 5.73. The van der Waals surface area contributed by atoms with E-state index in [1.807, 2.05) is 0 Å². The van der Waals surface area contributed by atoms with E-state index >= 15 is 0 Å². The third-order valence-electron chi connectivity index (χ3n) is 2.62. The molecule has 8 nitrogen and oxygen atoms in total. The molecule has 0 bridgehead atoms. The van der Waals surface area contributed by atoms with E-state index in [4.69, 9.17) is 19.7 Å². The molecule has 0 saturated carbocycles. The van der Waals surface area contributed by atoms with Gasteiger partial charge < -0.3 is 35.2 Å². The van der Waals surface area contributed by atoms with Crippen LogP contribution in [0.5, 0.6) is 0 Å². The Morgan fingerprint density at radius 2 is 2.00 bits per heavy atom. The normalized spacial score (nSPS) is 36.4. The summed E-state index contributed by atoms with van der Waals surface area (Å²) in [7, 11) is 0. The van der Waals surface area contributed by atoms with Gasteiger partial charge in [0, 0.05) is 6.92 Å². The highest BCUT2D eigenvalue weighted by Gasteiger charge is 2.45. The molecule has 5 atom stereocenters. The van der Waals surface area contributed by atoms with Crippen LogP contribution in [0.3, 0.4) is 0 Å². The van der Waals surface area contributed by atoms with E-state index in [2.05, 4.69) is 5.32 Å². The largest absolute Gasteiger partial charge is 0.394 e. The Bertz CT molecular complexity index is 275. The molecule has 1 fully saturated rings. The smallest absolute Gasteiger partial charge is 0.217 e. The zero-order chi connectivity index (χ0) is 13.7. The molecule has 5 N–H and O–H groups in total. The second-order valence-electron chi connectivity index (χ2n) is 4.03. The SMILES string of the molecule is CC(=O)N[C@H]1[C@@H](OCCO)O[C@H](CO)[C@@H](O)[C@@H]1O. The van der Waals surface area contributed by atoms with Crippen molar-refractivity contribution in [2.75, 3.05) is 19.8 Å². The van der Waals surface area contributed by atoms with Crippen molar-refractivity contribution < 1.29 is 34.7 Å². The van der Waals surface area contributed by atoms with Crippen molar-refractivity contribution >= 4 is 5.91 Å². The highest BCUT2D eigenvalue weighted by Crippen LogP contribution is 2.22. The van der Waals surface area contributed by atoms with Crippen LogP contribution >= 0.6 is 0 Å². The number of hydrogen-bond acceptors (Lipinski definition) is 7. The second-order valence-corrected chi connectivity index (χ2v) is 4.03. The van der Waals surface area contributed by atoms with Crippen LogP contribution in [0, 0.1) is 0 Å². The predicted molar refractivity (Wildman–Crippen MR) is 58.4 cm³/mol. The number of nitrogens with one attached hydrogen (secondary N) is 1. The molecule has 1 amide bonds. The van der Waals surface area contributed by atoms with Crippen LogP contribution in [0.2, 0.25) is 0 Å². The third-order valence-corrected chi connectivity index (χ3v) is 2.62. The first-order chi connectivity index (χ1) is 8.51. The van der Waals surface area contributed by atoms with E-state index in [-0.39, 0.29) is 13.2 Å². The van der Waals surface area contributed by atoms with Crippen molar-refractivity contribution in [2.45, 2.75) is 37.6 Å². The van der Waals surface area contributed by atoms with Gasteiger partial charge in [-0.15, -0.1) is 0 Å². The minimum Gasteiger partial charge on any atom is -0.394 e. The van der Waals surface area contributed by atoms with E-state index in [1.54, 1.807) is 0 Å². The lowest BCUT2D eigenvalue weighted by Crippen LogP contribution is -2.64. The van der Waals surface area contributed by atoms with E-state index in [0.717, 1.165) is 0 Å². The summed E-state index contributed by atoms with van der Waals surface area (Å²) in [5.74, 6) is -0.421. The molecule has 1 aliphatic heterocycles. The molecule has 106 valence electrons. The molecule has 0 radical (unpaired) electrons. The van der Waals surface area contributed by atoms with Gasteiger partial charge in [0.15, 0.2) is 6.29 Å². The van der Waals surface area contributed by atoms with Crippen LogP contribution in [-0.4, -0.2) is 76.8 Å². The summed E-state index contributed by atoms with van der Waals surface area (Å²) in [6, 6.07) is -0.966. The van der Waals surface area contributed by atoms with Crippen molar-refractivity contribution in [3.05, 3.63) is 0 Å². The summed E-state index contributed by atoms with van der Waals surface area (Å²) in [4.78, 5) is 11.0. The first-order valence-corrected chi connectivity index (χ1v) is 5.63. The number of amides is 1. The van der Waals surface area contributed by atoms with Gasteiger partial charge in [-0.05, 0) is 0 Å². The van der Waals surface area contributed by atoms with Crippen LogP contribution in [0.4, 0.5) is 0 Å². The van der Waals surface area contributed by atoms with Crippen LogP contribution in [0.1, 0.15) is 6.92 Å². The molecule has 1 saturated heterocycles. The molecule has 8 heteroatoms. The van der Waals surface area contributed by atoms with E-state index < -0.39 is 43.2 Å². The van der Waals surface area contributed by atoms with Crippen LogP contribution < -0.4 is 5.32 Å². The van der Waals surface area contributed by atoms with Gasteiger partial charge in [0.1, 0.15) is 24.4 Å². The Morgan fingerprint density at radius 3 is 2.50 bits per heavy atom. The van der Waals surface area contributed by atoms with Gasteiger partial charge in [-0.1, -0.05) is 0 Å². The lowest BCUT2D eigenvalue weighted by Gasteiger charge is -2.42. The van der Waals surface area contributed by atoms with Gasteiger partial charge in [0.2, 0.25) is 5.91 Å². The number of hydrogen-bond donors (Lipinski definition) is 5. The average Bonchev–Trinajstić information content (AvgIpc) is 2.33. The minimum atomic E-state index is -1.33. The molecule has 1 rings (SSSR count). The Labute approximate surface area is 104 Å². The van der Waals surface area contributed by atoms with E-state index in [9.17, 15) is 15.0 Å². The Hall–Kier alpha value is -0.770. The van der Waals surface area contributed by atoms with Crippen molar-refractivity contribution in [3.63, 3.8) is 0 Å². The van der Waals surface area contributed by atoms with Gasteiger partial charge in [0.05, 0.1) is 19.8 Å². The molecule has 1 heterocycles. The van der Waals surface area contributed by atoms with Gasteiger partial charge >= 0.3 is 0 Å². The van der Waals surface area contributed by atoms with Gasteiger partial charge in [0.25, 0.3) is 0 Å². The number of carbonyl (C=O) groups excluding carboxylic acids is 1. The average molecular weight is 265 g/mol. The van der Waals surface area contributed by atoms with Gasteiger partial charge in [-0.25, -0.2) is 0 Å². The Kier molecular flexibility index (Phi) is 5.93. The summed E-state index contributed by atoms with van der Waals surface area (Å²) in [6.07, 6.45) is -4.71. The van der Waals surface area contributed by atoms with Crippen LogP contribution in [0.15, 0.2) is 0 Å². The lowest BCUT2D eigenvalue weighted by molar-refractivity contribution is -0.271. The van der Waals surface area contributed by atoms with Crippen molar-refractivity contribution in [2.24, 2.45) is 0 Å².